The van der Waals surface area contributed by atoms with Gasteiger partial charge in [0.1, 0.15) is 0 Å². The molecule has 1 unspecified atom stereocenters. The van der Waals surface area contributed by atoms with E-state index in [0.717, 1.165) is 25.3 Å². The van der Waals surface area contributed by atoms with Crippen molar-refractivity contribution >= 4 is 5.97 Å². The number of rotatable bonds is 5. The fourth-order valence-corrected chi connectivity index (χ4v) is 2.04. The number of nitrogens with zero attached hydrogens (tertiary/aromatic N) is 1. The first-order valence-electron chi connectivity index (χ1n) is 6.26. The summed E-state index contributed by atoms with van der Waals surface area (Å²) in [5, 5.41) is 8.75. The molecule has 1 N–H and O–H groups in total. The molecule has 1 saturated heterocycles. The third-order valence-corrected chi connectivity index (χ3v) is 3.71. The second-order valence-electron chi connectivity index (χ2n) is 6.20. The SMILES string of the molecule is CC(CCCN1CC(C(C)(C)C)C1)C(=O)O. The molecule has 0 aromatic carbocycles. The fourth-order valence-electron chi connectivity index (χ4n) is 2.04. The molecule has 0 aromatic rings. The molecule has 94 valence electrons. The number of hydrogen-bond acceptors (Lipinski definition) is 2. The van der Waals surface area contributed by atoms with Crippen LogP contribution in [0.3, 0.4) is 0 Å². The molecule has 1 aliphatic heterocycles. The lowest BCUT2D eigenvalue weighted by molar-refractivity contribution is -0.141. The third kappa shape index (κ3) is 3.78. The van der Waals surface area contributed by atoms with Gasteiger partial charge >= 0.3 is 5.97 Å². The summed E-state index contributed by atoms with van der Waals surface area (Å²) in [6, 6.07) is 0. The molecule has 0 amide bonds. The van der Waals surface area contributed by atoms with Crippen molar-refractivity contribution in [3.63, 3.8) is 0 Å². The molecule has 1 heterocycles. The highest BCUT2D eigenvalue weighted by molar-refractivity contribution is 5.69. The van der Waals surface area contributed by atoms with Gasteiger partial charge in [-0.2, -0.15) is 0 Å². The summed E-state index contributed by atoms with van der Waals surface area (Å²) in [6.07, 6.45) is 1.80. The number of carbonyl (C=O) groups is 1. The lowest BCUT2D eigenvalue weighted by Gasteiger charge is -2.46. The van der Waals surface area contributed by atoms with Crippen molar-refractivity contribution in [1.82, 2.24) is 4.90 Å². The lowest BCUT2D eigenvalue weighted by atomic mass is 9.76. The molecule has 16 heavy (non-hydrogen) atoms. The van der Waals surface area contributed by atoms with Crippen LogP contribution in [0.25, 0.3) is 0 Å². The van der Waals surface area contributed by atoms with Crippen molar-refractivity contribution in [3.8, 4) is 0 Å². The summed E-state index contributed by atoms with van der Waals surface area (Å²) in [5.74, 6) is -0.0553. The molecule has 0 aliphatic carbocycles. The minimum Gasteiger partial charge on any atom is -0.481 e. The van der Waals surface area contributed by atoms with Gasteiger partial charge in [-0.1, -0.05) is 27.7 Å². The zero-order chi connectivity index (χ0) is 12.3. The largest absolute Gasteiger partial charge is 0.481 e. The topological polar surface area (TPSA) is 40.5 Å². The summed E-state index contributed by atoms with van der Waals surface area (Å²) in [7, 11) is 0. The maximum atomic E-state index is 10.6. The van der Waals surface area contributed by atoms with Crippen LogP contribution in [0, 0.1) is 17.3 Å². The van der Waals surface area contributed by atoms with Crippen molar-refractivity contribution in [2.75, 3.05) is 19.6 Å². The molecule has 1 aliphatic rings. The minimum absolute atomic E-state index is 0.195. The molecule has 3 heteroatoms. The van der Waals surface area contributed by atoms with Gasteiger partial charge < -0.3 is 10.0 Å². The maximum Gasteiger partial charge on any atom is 0.306 e. The van der Waals surface area contributed by atoms with Crippen LogP contribution in [-0.2, 0) is 4.79 Å². The van der Waals surface area contributed by atoms with E-state index >= 15 is 0 Å². The summed E-state index contributed by atoms with van der Waals surface area (Å²) in [6.45, 7) is 12.1. The van der Waals surface area contributed by atoms with Crippen molar-refractivity contribution in [3.05, 3.63) is 0 Å². The van der Waals surface area contributed by atoms with Gasteiger partial charge in [-0.25, -0.2) is 0 Å². The zero-order valence-corrected chi connectivity index (χ0v) is 11.0. The molecule has 1 rings (SSSR count). The highest BCUT2D eigenvalue weighted by Crippen LogP contribution is 2.33. The monoisotopic (exact) mass is 227 g/mol. The first kappa shape index (κ1) is 13.5. The van der Waals surface area contributed by atoms with E-state index in [1.165, 1.54) is 13.1 Å². The summed E-state index contributed by atoms with van der Waals surface area (Å²) in [5.41, 5.74) is 0.421. The standard InChI is InChI=1S/C13H25NO2/c1-10(12(15)16)6-5-7-14-8-11(9-14)13(2,3)4/h10-11H,5-9H2,1-4H3,(H,15,16). The molecule has 3 nitrogen and oxygen atoms in total. The predicted octanol–water partition coefficient (Wildman–Crippen LogP) is 2.47. The van der Waals surface area contributed by atoms with Crippen LogP contribution in [-0.4, -0.2) is 35.6 Å². The summed E-state index contributed by atoms with van der Waals surface area (Å²) in [4.78, 5) is 13.1. The van der Waals surface area contributed by atoms with E-state index in [9.17, 15) is 4.79 Å². The van der Waals surface area contributed by atoms with Crippen molar-refractivity contribution in [2.24, 2.45) is 17.3 Å². The first-order valence-corrected chi connectivity index (χ1v) is 6.26. The predicted molar refractivity (Wildman–Crippen MR) is 65.4 cm³/mol. The molecule has 1 fully saturated rings. The molecule has 0 spiro atoms. The first-order chi connectivity index (χ1) is 7.30. The molecular weight excluding hydrogens is 202 g/mol. The number of carboxylic acids is 1. The lowest BCUT2D eigenvalue weighted by Crippen LogP contribution is -2.52. The van der Waals surface area contributed by atoms with Gasteiger partial charge in [0.05, 0.1) is 5.92 Å². The Bertz CT molecular complexity index is 239. The Morgan fingerprint density at radius 2 is 2.00 bits per heavy atom. The van der Waals surface area contributed by atoms with Gasteiger partial charge in [-0.05, 0) is 30.7 Å². The van der Waals surface area contributed by atoms with Gasteiger partial charge in [-0.3, -0.25) is 4.79 Å². The van der Waals surface area contributed by atoms with Crippen LogP contribution in [0.4, 0.5) is 0 Å². The Morgan fingerprint density at radius 1 is 1.44 bits per heavy atom. The maximum absolute atomic E-state index is 10.6. The van der Waals surface area contributed by atoms with E-state index in [1.807, 2.05) is 0 Å². The average Bonchev–Trinajstić information content (AvgIpc) is 2.05. The Hall–Kier alpha value is -0.570. The van der Waals surface area contributed by atoms with Crippen molar-refractivity contribution in [2.45, 2.75) is 40.5 Å². The van der Waals surface area contributed by atoms with Gasteiger partial charge in [0, 0.05) is 13.1 Å². The van der Waals surface area contributed by atoms with Gasteiger partial charge in [0.15, 0.2) is 0 Å². The van der Waals surface area contributed by atoms with E-state index in [1.54, 1.807) is 6.92 Å². The molecule has 0 bridgehead atoms. The molecule has 1 atom stereocenters. The van der Waals surface area contributed by atoms with E-state index < -0.39 is 5.97 Å². The molecular formula is C13H25NO2. The molecule has 0 aromatic heterocycles. The summed E-state index contributed by atoms with van der Waals surface area (Å²) < 4.78 is 0. The van der Waals surface area contributed by atoms with Gasteiger partial charge in [0.2, 0.25) is 0 Å². The van der Waals surface area contributed by atoms with Gasteiger partial charge in [0.25, 0.3) is 0 Å². The van der Waals surface area contributed by atoms with E-state index in [2.05, 4.69) is 25.7 Å². The van der Waals surface area contributed by atoms with Gasteiger partial charge in [-0.15, -0.1) is 0 Å². The Balaban J connectivity index is 2.08. The Labute approximate surface area is 98.8 Å². The summed E-state index contributed by atoms with van der Waals surface area (Å²) >= 11 is 0. The van der Waals surface area contributed by atoms with Crippen LogP contribution < -0.4 is 0 Å². The molecule has 0 radical (unpaired) electrons. The van der Waals surface area contributed by atoms with Crippen molar-refractivity contribution < 1.29 is 9.90 Å². The quantitative estimate of drug-likeness (QED) is 0.784. The number of likely N-dealkylation sites (tertiary alicyclic amines) is 1. The number of carboxylic acid groups (broad SMARTS) is 1. The molecule has 0 saturated carbocycles. The minimum atomic E-state index is -0.670. The third-order valence-electron chi connectivity index (χ3n) is 3.71. The number of aliphatic carboxylic acids is 1. The second kappa shape index (κ2) is 5.17. The Kier molecular flexibility index (Phi) is 4.36. The van der Waals surface area contributed by atoms with Crippen LogP contribution in [0.15, 0.2) is 0 Å². The van der Waals surface area contributed by atoms with Crippen LogP contribution >= 0.6 is 0 Å². The smallest absolute Gasteiger partial charge is 0.306 e. The van der Waals surface area contributed by atoms with Crippen LogP contribution in [0.5, 0.6) is 0 Å². The van der Waals surface area contributed by atoms with Crippen LogP contribution in [0.1, 0.15) is 40.5 Å². The number of hydrogen-bond donors (Lipinski definition) is 1. The fraction of sp³-hybridized carbons (Fsp3) is 0.923. The average molecular weight is 227 g/mol. The zero-order valence-electron chi connectivity index (χ0n) is 11.0. The Morgan fingerprint density at radius 3 is 2.44 bits per heavy atom. The van der Waals surface area contributed by atoms with E-state index in [0.29, 0.717) is 5.41 Å². The van der Waals surface area contributed by atoms with Crippen molar-refractivity contribution in [1.29, 1.82) is 0 Å². The van der Waals surface area contributed by atoms with Crippen LogP contribution in [0.2, 0.25) is 0 Å². The highest BCUT2D eigenvalue weighted by Gasteiger charge is 2.35. The highest BCUT2D eigenvalue weighted by atomic mass is 16.4. The van der Waals surface area contributed by atoms with E-state index in [4.69, 9.17) is 5.11 Å². The normalized spacial score (nSPS) is 20.5. The van der Waals surface area contributed by atoms with E-state index in [-0.39, 0.29) is 5.92 Å². The second-order valence-corrected chi connectivity index (χ2v) is 6.20.